The molecule has 6 nitrogen and oxygen atoms in total. The molecule has 1 N–H and O–H groups in total. The first-order chi connectivity index (χ1) is 15.0. The normalized spacial score (nSPS) is 21.6. The minimum absolute atomic E-state index is 0.0130. The van der Waals surface area contributed by atoms with E-state index in [-0.39, 0.29) is 11.3 Å². The molecule has 2 saturated heterocycles. The van der Waals surface area contributed by atoms with Crippen molar-refractivity contribution in [1.29, 1.82) is 0 Å². The van der Waals surface area contributed by atoms with E-state index in [9.17, 15) is 19.1 Å². The first kappa shape index (κ1) is 21.5. The second-order valence-electron chi connectivity index (χ2n) is 7.50. The molecule has 2 aliphatic heterocycles. The summed E-state index contributed by atoms with van der Waals surface area (Å²) >= 11 is 5.93. The molecule has 2 aliphatic rings. The number of hydrogen-bond donors (Lipinski definition) is 1. The van der Waals surface area contributed by atoms with Gasteiger partial charge in [0.2, 0.25) is 0 Å². The third-order valence-corrected chi connectivity index (χ3v) is 5.86. The minimum Gasteiger partial charge on any atom is -0.507 e. The third kappa shape index (κ3) is 4.49. The van der Waals surface area contributed by atoms with Crippen LogP contribution in [0.5, 0.6) is 0 Å². The zero-order valence-corrected chi connectivity index (χ0v) is 17.5. The fourth-order valence-electron chi connectivity index (χ4n) is 3.94. The van der Waals surface area contributed by atoms with E-state index in [4.69, 9.17) is 16.3 Å². The number of rotatable bonds is 5. The number of hydrogen-bond acceptors (Lipinski definition) is 5. The maximum absolute atomic E-state index is 13.5. The molecule has 0 radical (unpaired) electrons. The lowest BCUT2D eigenvalue weighted by Gasteiger charge is -2.31. The molecule has 0 spiro atoms. The van der Waals surface area contributed by atoms with Crippen molar-refractivity contribution in [2.45, 2.75) is 6.04 Å². The number of nitrogens with zero attached hydrogens (tertiary/aromatic N) is 2. The number of likely N-dealkylation sites (tertiary alicyclic amines) is 1. The molecule has 4 rings (SSSR count). The van der Waals surface area contributed by atoms with E-state index in [0.717, 1.165) is 13.1 Å². The number of benzene rings is 2. The number of ether oxygens (including phenoxy) is 1. The van der Waals surface area contributed by atoms with Crippen molar-refractivity contribution in [2.75, 3.05) is 39.4 Å². The van der Waals surface area contributed by atoms with Crippen LogP contribution in [0.15, 0.2) is 54.1 Å². The highest BCUT2D eigenvalue weighted by Gasteiger charge is 2.46. The summed E-state index contributed by atoms with van der Waals surface area (Å²) in [5.74, 6) is -2.15. The van der Waals surface area contributed by atoms with Crippen LogP contribution in [0.3, 0.4) is 0 Å². The standard InChI is InChI=1S/C23H22ClFN2O4/c24-17-5-1-16(2-6-17)21(28)19-20(15-3-7-18(25)8-4-15)27(23(30)22(19)29)10-9-26-11-13-31-14-12-26/h1-8,20,28H,9-14H2/b21-19-. The van der Waals surface area contributed by atoms with Gasteiger partial charge in [-0.1, -0.05) is 23.7 Å². The first-order valence-electron chi connectivity index (χ1n) is 10.1. The average molecular weight is 445 g/mol. The van der Waals surface area contributed by atoms with Crippen molar-refractivity contribution in [3.63, 3.8) is 0 Å². The van der Waals surface area contributed by atoms with Crippen molar-refractivity contribution in [2.24, 2.45) is 0 Å². The van der Waals surface area contributed by atoms with Crippen molar-refractivity contribution in [3.8, 4) is 0 Å². The molecule has 2 heterocycles. The van der Waals surface area contributed by atoms with Gasteiger partial charge in [-0.15, -0.1) is 0 Å². The quantitative estimate of drug-likeness (QED) is 0.435. The summed E-state index contributed by atoms with van der Waals surface area (Å²) in [6.45, 7) is 3.60. The Kier molecular flexibility index (Phi) is 6.36. The molecule has 162 valence electrons. The van der Waals surface area contributed by atoms with E-state index in [1.807, 2.05) is 0 Å². The van der Waals surface area contributed by atoms with E-state index in [0.29, 0.717) is 42.5 Å². The number of Topliss-reactive ketones (excluding diaryl/α,β-unsaturated/α-hetero) is 1. The van der Waals surface area contributed by atoms with E-state index >= 15 is 0 Å². The van der Waals surface area contributed by atoms with Crippen molar-refractivity contribution < 1.29 is 23.8 Å². The van der Waals surface area contributed by atoms with Gasteiger partial charge >= 0.3 is 0 Å². The molecule has 2 fully saturated rings. The van der Waals surface area contributed by atoms with Crippen LogP contribution in [-0.2, 0) is 14.3 Å². The SMILES string of the molecule is O=C1C(=O)N(CCN2CCOCC2)C(c2ccc(F)cc2)/C1=C(/O)c1ccc(Cl)cc1. The Morgan fingerprint density at radius 2 is 1.68 bits per heavy atom. The Labute approximate surface area is 184 Å². The molecule has 1 unspecified atom stereocenters. The van der Waals surface area contributed by atoms with Crippen molar-refractivity contribution in [1.82, 2.24) is 9.80 Å². The number of aliphatic hydroxyl groups is 1. The number of ketones is 1. The lowest BCUT2D eigenvalue weighted by atomic mass is 9.95. The van der Waals surface area contributed by atoms with Gasteiger partial charge in [-0.2, -0.15) is 0 Å². The fourth-order valence-corrected chi connectivity index (χ4v) is 4.07. The molecule has 0 aliphatic carbocycles. The molecule has 1 amide bonds. The molecule has 8 heteroatoms. The second-order valence-corrected chi connectivity index (χ2v) is 7.94. The number of aliphatic hydroxyl groups excluding tert-OH is 1. The molecule has 0 aromatic heterocycles. The highest BCUT2D eigenvalue weighted by Crippen LogP contribution is 2.39. The Morgan fingerprint density at radius 1 is 1.03 bits per heavy atom. The Bertz CT molecular complexity index is 1000. The Morgan fingerprint density at radius 3 is 2.32 bits per heavy atom. The Balaban J connectivity index is 1.72. The van der Waals surface area contributed by atoms with Gasteiger partial charge in [0.15, 0.2) is 0 Å². The summed E-state index contributed by atoms with van der Waals surface area (Å²) in [6, 6.07) is 11.2. The van der Waals surface area contributed by atoms with E-state index in [1.54, 1.807) is 24.3 Å². The molecule has 2 aromatic carbocycles. The smallest absolute Gasteiger partial charge is 0.295 e. The van der Waals surface area contributed by atoms with Gasteiger partial charge in [0, 0.05) is 36.8 Å². The molecular weight excluding hydrogens is 423 g/mol. The average Bonchev–Trinajstić information content (AvgIpc) is 3.04. The van der Waals surface area contributed by atoms with Crippen LogP contribution < -0.4 is 0 Å². The minimum atomic E-state index is -0.808. The first-order valence-corrected chi connectivity index (χ1v) is 10.4. The molecule has 1 atom stereocenters. The number of amides is 1. The van der Waals surface area contributed by atoms with Crippen LogP contribution in [0.2, 0.25) is 5.02 Å². The predicted octanol–water partition coefficient (Wildman–Crippen LogP) is 3.23. The Hall–Kier alpha value is -2.74. The van der Waals surface area contributed by atoms with Crippen molar-refractivity contribution >= 4 is 29.1 Å². The number of halogens is 2. The summed E-state index contributed by atoms with van der Waals surface area (Å²) in [6.07, 6.45) is 0. The van der Waals surface area contributed by atoms with Gasteiger partial charge < -0.3 is 14.7 Å². The zero-order chi connectivity index (χ0) is 22.0. The lowest BCUT2D eigenvalue weighted by Crippen LogP contribution is -2.42. The van der Waals surface area contributed by atoms with E-state index in [2.05, 4.69) is 4.90 Å². The summed E-state index contributed by atoms with van der Waals surface area (Å²) in [4.78, 5) is 29.5. The number of morpholine rings is 1. The van der Waals surface area contributed by atoms with Gasteiger partial charge in [-0.25, -0.2) is 4.39 Å². The van der Waals surface area contributed by atoms with E-state index in [1.165, 1.54) is 29.2 Å². The van der Waals surface area contributed by atoms with Gasteiger partial charge in [-0.05, 0) is 42.0 Å². The summed E-state index contributed by atoms with van der Waals surface area (Å²) in [5.41, 5.74) is 0.918. The van der Waals surface area contributed by atoms with Crippen LogP contribution in [0.25, 0.3) is 5.76 Å². The zero-order valence-electron chi connectivity index (χ0n) is 16.8. The topological polar surface area (TPSA) is 70.1 Å². The molecule has 31 heavy (non-hydrogen) atoms. The summed E-state index contributed by atoms with van der Waals surface area (Å²) < 4.78 is 18.9. The van der Waals surface area contributed by atoms with Crippen molar-refractivity contribution in [3.05, 3.63) is 76.1 Å². The monoisotopic (exact) mass is 444 g/mol. The van der Waals surface area contributed by atoms with Crippen LogP contribution >= 0.6 is 11.6 Å². The van der Waals surface area contributed by atoms with Crippen LogP contribution in [0.4, 0.5) is 4.39 Å². The van der Waals surface area contributed by atoms with Crippen LogP contribution in [-0.4, -0.2) is 66.0 Å². The predicted molar refractivity (Wildman–Crippen MR) is 114 cm³/mol. The maximum Gasteiger partial charge on any atom is 0.295 e. The largest absolute Gasteiger partial charge is 0.507 e. The van der Waals surface area contributed by atoms with Gasteiger partial charge in [-0.3, -0.25) is 14.5 Å². The molecular formula is C23H22ClFN2O4. The maximum atomic E-state index is 13.5. The fraction of sp³-hybridized carbons (Fsp3) is 0.304. The number of carbonyl (C=O) groups is 2. The van der Waals surface area contributed by atoms with Gasteiger partial charge in [0.1, 0.15) is 11.6 Å². The highest BCUT2D eigenvalue weighted by atomic mass is 35.5. The summed E-state index contributed by atoms with van der Waals surface area (Å²) in [5, 5.41) is 11.4. The van der Waals surface area contributed by atoms with Gasteiger partial charge in [0.05, 0.1) is 24.8 Å². The van der Waals surface area contributed by atoms with Crippen LogP contribution in [0.1, 0.15) is 17.2 Å². The molecule has 2 aromatic rings. The van der Waals surface area contributed by atoms with Crippen LogP contribution in [0, 0.1) is 5.82 Å². The summed E-state index contributed by atoms with van der Waals surface area (Å²) in [7, 11) is 0. The van der Waals surface area contributed by atoms with Gasteiger partial charge in [0.25, 0.3) is 11.7 Å². The molecule has 0 bridgehead atoms. The second kappa shape index (κ2) is 9.18. The molecule has 0 saturated carbocycles. The third-order valence-electron chi connectivity index (χ3n) is 5.60. The van der Waals surface area contributed by atoms with E-state index < -0.39 is 23.5 Å². The highest BCUT2D eigenvalue weighted by molar-refractivity contribution is 6.46. The number of carbonyl (C=O) groups excluding carboxylic acids is 2. The lowest BCUT2D eigenvalue weighted by molar-refractivity contribution is -0.140.